The van der Waals surface area contributed by atoms with E-state index < -0.39 is 186 Å². The van der Waals surface area contributed by atoms with Gasteiger partial charge in [0.1, 0.15) is 67.6 Å². The molecule has 0 saturated carbocycles. The Bertz CT molecular complexity index is 2390. The molecule has 2 heterocycles. The van der Waals surface area contributed by atoms with Crippen LogP contribution >= 0.6 is 0 Å². The van der Waals surface area contributed by atoms with E-state index in [-0.39, 0.29) is 11.1 Å². The molecule has 26 nitrogen and oxygen atoms in total. The summed E-state index contributed by atoms with van der Waals surface area (Å²) in [4.78, 5) is 26.5. The molecule has 4 aromatic rings. The van der Waals surface area contributed by atoms with Crippen LogP contribution in [0, 0.1) is 0 Å². The number of aromatic hydroxyl groups is 9. The van der Waals surface area contributed by atoms with Crippen molar-refractivity contribution in [3.8, 4) is 74.7 Å². The monoisotopic (exact) mass is 938 g/mol. The summed E-state index contributed by atoms with van der Waals surface area (Å²) in [6, 6.07) is 5.69. The van der Waals surface area contributed by atoms with Crippen LogP contribution in [0.5, 0.6) is 74.7 Å². The quantitative estimate of drug-likeness (QED) is 0.0476. The zero-order chi connectivity index (χ0) is 48.5. The molecule has 2 fully saturated rings. The molecule has 2 aliphatic rings. The number of aliphatic hydroxyl groups is 8. The van der Waals surface area contributed by atoms with E-state index in [0.29, 0.717) is 12.1 Å². The summed E-state index contributed by atoms with van der Waals surface area (Å²) in [5, 5.41) is 174. The zero-order valence-electron chi connectivity index (χ0n) is 33.4. The smallest absolute Gasteiger partial charge is 0.342 e. The van der Waals surface area contributed by atoms with E-state index >= 15 is 0 Å². The van der Waals surface area contributed by atoms with E-state index in [1.807, 2.05) is 0 Å². The predicted molar refractivity (Wildman–Crippen MR) is 208 cm³/mol. The van der Waals surface area contributed by atoms with Crippen LogP contribution in [0.1, 0.15) is 31.8 Å². The summed E-state index contributed by atoms with van der Waals surface area (Å²) in [5.74, 6) is -15.0. The number of aliphatic hydroxyl groups excluding tert-OH is 8. The summed E-state index contributed by atoms with van der Waals surface area (Å²) in [6.07, 6.45) is -17.3. The van der Waals surface area contributed by atoms with Crippen molar-refractivity contribution in [3.05, 3.63) is 64.7 Å². The number of rotatable bonds is 14. The van der Waals surface area contributed by atoms with Crippen LogP contribution in [0.4, 0.5) is 0 Å². The van der Waals surface area contributed by atoms with Crippen molar-refractivity contribution in [1.29, 1.82) is 0 Å². The third-order valence-electron chi connectivity index (χ3n) is 10.1. The molecule has 2 saturated heterocycles. The van der Waals surface area contributed by atoms with Gasteiger partial charge in [-0.1, -0.05) is 0 Å². The summed E-state index contributed by atoms with van der Waals surface area (Å²) < 4.78 is 36.8. The third-order valence-corrected chi connectivity index (χ3v) is 10.1. The van der Waals surface area contributed by atoms with Crippen LogP contribution in [-0.2, 0) is 32.2 Å². The number of carbonyl (C=O) groups excluding carboxylic acids is 2. The highest BCUT2D eigenvalue weighted by molar-refractivity contribution is 5.95. The standard InChI is InChI=1S/C40H42O26/c41-8-23-27(51)29(53)32(56)39(63-23)65-35-18(45)1-12(2-19(35)46)10-60-37(58)14-5-16(43)25(49)22(6-14)62-34-15(7-17(44)26(50)31(34)55)38(59)61-11-13-3-20(47)36(21(48)4-13)66-40-33(57)30(54)28(52)24(9-42)64-40/h1-7,23-24,27-30,32-33,39-57H,8-11H2. The number of carbonyl (C=O) groups is 2. The first kappa shape index (κ1) is 48.5. The Kier molecular flexibility index (Phi) is 14.4. The fourth-order valence-corrected chi connectivity index (χ4v) is 6.52. The molecule has 10 unspecified atom stereocenters. The largest absolute Gasteiger partial charge is 0.504 e. The molecule has 0 radical (unpaired) electrons. The second-order valence-corrected chi connectivity index (χ2v) is 14.6. The van der Waals surface area contributed by atoms with E-state index in [4.69, 9.17) is 33.2 Å². The number of esters is 2. The number of hydrogen-bond acceptors (Lipinski definition) is 26. The Morgan fingerprint density at radius 2 is 0.894 bits per heavy atom. The molecule has 0 aliphatic carbocycles. The lowest BCUT2D eigenvalue weighted by Crippen LogP contribution is -2.60. The van der Waals surface area contributed by atoms with Gasteiger partial charge in [-0.05, 0) is 47.5 Å². The third kappa shape index (κ3) is 9.82. The number of hydrogen-bond donors (Lipinski definition) is 17. The Balaban J connectivity index is 1.15. The van der Waals surface area contributed by atoms with Gasteiger partial charge in [-0.3, -0.25) is 0 Å². The van der Waals surface area contributed by atoms with Crippen molar-refractivity contribution < 1.29 is 130 Å². The molecule has 4 aromatic carbocycles. The first-order valence-electron chi connectivity index (χ1n) is 19.1. The summed E-state index contributed by atoms with van der Waals surface area (Å²) in [5.41, 5.74) is -1.66. The lowest BCUT2D eigenvalue weighted by Gasteiger charge is -2.39. The molecule has 0 aromatic heterocycles. The lowest BCUT2D eigenvalue weighted by molar-refractivity contribution is -0.277. The minimum Gasteiger partial charge on any atom is -0.504 e. The Morgan fingerprint density at radius 1 is 0.470 bits per heavy atom. The molecule has 66 heavy (non-hydrogen) atoms. The van der Waals surface area contributed by atoms with Gasteiger partial charge in [0.25, 0.3) is 0 Å². The molecule has 2 aliphatic heterocycles. The molecular formula is C40H42O26. The highest BCUT2D eigenvalue weighted by Crippen LogP contribution is 2.49. The van der Waals surface area contributed by atoms with Crippen LogP contribution in [0.2, 0.25) is 0 Å². The highest BCUT2D eigenvalue weighted by Gasteiger charge is 2.46. The van der Waals surface area contributed by atoms with Gasteiger partial charge in [-0.25, -0.2) is 9.59 Å². The van der Waals surface area contributed by atoms with Gasteiger partial charge in [0.2, 0.25) is 41.3 Å². The lowest BCUT2D eigenvalue weighted by atomic mass is 9.99. The van der Waals surface area contributed by atoms with Crippen molar-refractivity contribution in [2.24, 2.45) is 0 Å². The number of phenols is 9. The zero-order valence-corrected chi connectivity index (χ0v) is 33.4. The second-order valence-electron chi connectivity index (χ2n) is 14.6. The molecule has 10 atom stereocenters. The molecule has 26 heteroatoms. The van der Waals surface area contributed by atoms with Crippen LogP contribution in [-0.4, -0.2) is 173 Å². The van der Waals surface area contributed by atoms with Crippen molar-refractivity contribution in [3.63, 3.8) is 0 Å². The fourth-order valence-electron chi connectivity index (χ4n) is 6.52. The van der Waals surface area contributed by atoms with Gasteiger partial charge in [0, 0.05) is 6.07 Å². The molecular weight excluding hydrogens is 896 g/mol. The number of ether oxygens (including phenoxy) is 7. The van der Waals surface area contributed by atoms with Gasteiger partial charge < -0.3 is 120 Å². The Hall–Kier alpha value is -6.98. The topological polar surface area (TPSA) is 443 Å². The van der Waals surface area contributed by atoms with Crippen LogP contribution in [0.15, 0.2) is 42.5 Å². The van der Waals surface area contributed by atoms with Crippen LogP contribution in [0.3, 0.4) is 0 Å². The van der Waals surface area contributed by atoms with Crippen molar-refractivity contribution >= 4 is 11.9 Å². The molecule has 358 valence electrons. The van der Waals surface area contributed by atoms with Crippen LogP contribution in [0.25, 0.3) is 0 Å². The van der Waals surface area contributed by atoms with Gasteiger partial charge >= 0.3 is 11.9 Å². The molecule has 0 spiro atoms. The SMILES string of the molecule is O=C(OCc1cc(O)c(OC2OC(CO)C(O)C(O)C2O)c(O)c1)c1cc(O)c(O)c(Oc2c(C(=O)OCc3cc(O)c(OC4OC(CO)C(O)C(O)C4O)c(O)c3)cc(O)c(O)c2O)c1. The Labute approximate surface area is 368 Å². The minimum atomic E-state index is -1.91. The molecule has 17 N–H and O–H groups in total. The number of benzene rings is 4. The van der Waals surface area contributed by atoms with E-state index in [9.17, 15) is 96.4 Å². The predicted octanol–water partition coefficient (Wildman–Crippen LogP) is -2.10. The van der Waals surface area contributed by atoms with Gasteiger partial charge in [0.15, 0.2) is 46.0 Å². The minimum absolute atomic E-state index is 0.0885. The maximum Gasteiger partial charge on any atom is 0.342 e. The van der Waals surface area contributed by atoms with E-state index in [1.54, 1.807) is 0 Å². The van der Waals surface area contributed by atoms with E-state index in [2.05, 4.69) is 0 Å². The van der Waals surface area contributed by atoms with Gasteiger partial charge in [-0.2, -0.15) is 0 Å². The van der Waals surface area contributed by atoms with E-state index in [0.717, 1.165) is 30.3 Å². The summed E-state index contributed by atoms with van der Waals surface area (Å²) in [7, 11) is 0. The molecule has 0 amide bonds. The van der Waals surface area contributed by atoms with E-state index in [1.165, 1.54) is 0 Å². The molecule has 0 bridgehead atoms. The highest BCUT2D eigenvalue weighted by atomic mass is 16.7. The van der Waals surface area contributed by atoms with Gasteiger partial charge in [0.05, 0.1) is 18.8 Å². The average Bonchev–Trinajstić information content (AvgIpc) is 3.28. The van der Waals surface area contributed by atoms with Crippen molar-refractivity contribution in [2.45, 2.75) is 74.6 Å². The van der Waals surface area contributed by atoms with Gasteiger partial charge in [-0.15, -0.1) is 0 Å². The first-order chi connectivity index (χ1) is 31.1. The fraction of sp³-hybridized carbons (Fsp3) is 0.350. The Morgan fingerprint density at radius 3 is 1.33 bits per heavy atom. The normalized spacial score (nSPS) is 25.2. The van der Waals surface area contributed by atoms with Crippen molar-refractivity contribution in [1.82, 2.24) is 0 Å². The maximum absolute atomic E-state index is 13.3. The van der Waals surface area contributed by atoms with Crippen LogP contribution < -0.4 is 14.2 Å². The second kappa shape index (κ2) is 19.6. The van der Waals surface area contributed by atoms with Crippen molar-refractivity contribution in [2.75, 3.05) is 13.2 Å². The first-order valence-corrected chi connectivity index (χ1v) is 19.1. The average molecular weight is 939 g/mol. The molecule has 6 rings (SSSR count). The summed E-state index contributed by atoms with van der Waals surface area (Å²) in [6.45, 7) is -3.09. The number of phenolic OH excluding ortho intramolecular Hbond substituents is 9. The maximum atomic E-state index is 13.3. The summed E-state index contributed by atoms with van der Waals surface area (Å²) >= 11 is 0.